The van der Waals surface area contributed by atoms with Gasteiger partial charge in [-0.1, -0.05) is 72.8 Å². The molecule has 5 heteroatoms. The Morgan fingerprint density at radius 1 is 0.839 bits per heavy atom. The minimum Gasteiger partial charge on any atom is -0.491 e. The zero-order valence-electron chi connectivity index (χ0n) is 17.9. The Labute approximate surface area is 183 Å². The molecule has 3 aromatic rings. The predicted octanol–water partition coefficient (Wildman–Crippen LogP) is 3.52. The van der Waals surface area contributed by atoms with E-state index in [0.29, 0.717) is 18.8 Å². The Hall–Kier alpha value is -2.70. The third-order valence-electron chi connectivity index (χ3n) is 5.49. The van der Waals surface area contributed by atoms with Gasteiger partial charge in [-0.3, -0.25) is 0 Å². The number of ether oxygens (including phenoxy) is 3. The van der Waals surface area contributed by atoms with E-state index in [-0.39, 0.29) is 0 Å². The van der Waals surface area contributed by atoms with Gasteiger partial charge in [-0.2, -0.15) is 0 Å². The van der Waals surface area contributed by atoms with Crippen LogP contribution < -0.4 is 16.2 Å². The molecular formula is C26H30N2O3. The summed E-state index contributed by atoms with van der Waals surface area (Å²) in [6.07, 6.45) is 1.54. The minimum absolute atomic E-state index is 0.327. The fourth-order valence-corrected chi connectivity index (χ4v) is 3.47. The third-order valence-corrected chi connectivity index (χ3v) is 5.49. The largest absolute Gasteiger partial charge is 0.491 e. The lowest BCUT2D eigenvalue weighted by molar-refractivity contribution is 0.262. The van der Waals surface area contributed by atoms with Crippen molar-refractivity contribution in [3.8, 4) is 5.75 Å². The van der Waals surface area contributed by atoms with Crippen LogP contribution in [-0.4, -0.2) is 32.0 Å². The summed E-state index contributed by atoms with van der Waals surface area (Å²) in [5.41, 5.74) is 16.1. The number of hydrogen-bond acceptors (Lipinski definition) is 5. The number of nitrogens with two attached hydrogens (primary N) is 2. The van der Waals surface area contributed by atoms with Crippen molar-refractivity contribution in [2.75, 3.05) is 19.8 Å². The first-order valence-corrected chi connectivity index (χ1v) is 10.7. The quantitative estimate of drug-likeness (QED) is 0.453. The lowest BCUT2D eigenvalue weighted by atomic mass is 9.88. The normalized spacial score (nSPS) is 19.2. The Kier molecular flexibility index (Phi) is 6.68. The van der Waals surface area contributed by atoms with Gasteiger partial charge in [0, 0.05) is 6.42 Å². The summed E-state index contributed by atoms with van der Waals surface area (Å²) in [5.74, 6) is 0.966. The van der Waals surface area contributed by atoms with E-state index in [1.54, 1.807) is 0 Å². The maximum Gasteiger partial charge on any atom is 0.122 e. The molecule has 0 saturated carbocycles. The number of epoxide rings is 2. The first-order chi connectivity index (χ1) is 15.0. The highest BCUT2D eigenvalue weighted by Crippen LogP contribution is 2.27. The van der Waals surface area contributed by atoms with Crippen LogP contribution in [0.2, 0.25) is 0 Å². The molecule has 0 radical (unpaired) electrons. The number of benzene rings is 3. The first-order valence-electron chi connectivity index (χ1n) is 10.7. The molecule has 2 saturated heterocycles. The number of hydrogen-bond donors (Lipinski definition) is 2. The van der Waals surface area contributed by atoms with Crippen molar-refractivity contribution in [1.82, 2.24) is 0 Å². The SMILES string of the molecule is Cc1ccccc1OCC1CO1.NC(N)(c1ccccc1)c1ccccc1CC1CO1. The van der Waals surface area contributed by atoms with E-state index in [9.17, 15) is 0 Å². The Morgan fingerprint density at radius 2 is 1.45 bits per heavy atom. The molecule has 162 valence electrons. The molecule has 2 atom stereocenters. The molecule has 0 spiro atoms. The third kappa shape index (κ3) is 5.93. The molecule has 0 aliphatic carbocycles. The summed E-state index contributed by atoms with van der Waals surface area (Å²) in [6.45, 7) is 4.42. The first kappa shape index (κ1) is 21.5. The molecule has 2 aliphatic heterocycles. The van der Waals surface area contributed by atoms with Gasteiger partial charge in [-0.15, -0.1) is 0 Å². The van der Waals surface area contributed by atoms with Crippen LogP contribution in [0.1, 0.15) is 22.3 Å². The smallest absolute Gasteiger partial charge is 0.122 e. The van der Waals surface area contributed by atoms with Crippen LogP contribution in [0.4, 0.5) is 0 Å². The molecule has 5 nitrogen and oxygen atoms in total. The van der Waals surface area contributed by atoms with Crippen molar-refractivity contribution in [3.05, 3.63) is 101 Å². The molecule has 2 aliphatic rings. The van der Waals surface area contributed by atoms with Crippen molar-refractivity contribution >= 4 is 0 Å². The zero-order valence-corrected chi connectivity index (χ0v) is 17.9. The van der Waals surface area contributed by atoms with Gasteiger partial charge in [0.05, 0.1) is 19.3 Å². The number of para-hydroxylation sites is 1. The predicted molar refractivity (Wildman–Crippen MR) is 122 cm³/mol. The van der Waals surface area contributed by atoms with Gasteiger partial charge in [0.25, 0.3) is 0 Å². The average molecular weight is 419 g/mol. The van der Waals surface area contributed by atoms with E-state index in [2.05, 4.69) is 6.07 Å². The van der Waals surface area contributed by atoms with Gasteiger partial charge in [-0.25, -0.2) is 0 Å². The average Bonchev–Trinajstić information content (AvgIpc) is 3.71. The van der Waals surface area contributed by atoms with Gasteiger partial charge >= 0.3 is 0 Å². The fourth-order valence-electron chi connectivity index (χ4n) is 3.47. The van der Waals surface area contributed by atoms with E-state index >= 15 is 0 Å². The van der Waals surface area contributed by atoms with Gasteiger partial charge < -0.3 is 25.7 Å². The molecule has 2 heterocycles. The second-order valence-corrected chi connectivity index (χ2v) is 8.08. The van der Waals surface area contributed by atoms with Crippen LogP contribution in [0.5, 0.6) is 5.75 Å². The number of rotatable bonds is 7. The van der Waals surface area contributed by atoms with Gasteiger partial charge in [0.2, 0.25) is 0 Å². The second kappa shape index (κ2) is 9.62. The topological polar surface area (TPSA) is 86.3 Å². The highest BCUT2D eigenvalue weighted by Gasteiger charge is 2.30. The maximum absolute atomic E-state index is 6.39. The molecule has 0 amide bonds. The van der Waals surface area contributed by atoms with Crippen molar-refractivity contribution in [1.29, 1.82) is 0 Å². The van der Waals surface area contributed by atoms with E-state index in [1.807, 2.05) is 79.7 Å². The van der Waals surface area contributed by atoms with Crippen molar-refractivity contribution in [2.45, 2.75) is 31.2 Å². The Morgan fingerprint density at radius 3 is 2.13 bits per heavy atom. The molecule has 4 N–H and O–H groups in total. The molecule has 0 bridgehead atoms. The summed E-state index contributed by atoms with van der Waals surface area (Å²) in [5, 5.41) is 0. The monoisotopic (exact) mass is 418 g/mol. The van der Waals surface area contributed by atoms with E-state index in [0.717, 1.165) is 36.5 Å². The molecule has 3 aromatic carbocycles. The van der Waals surface area contributed by atoms with Gasteiger partial charge in [0.15, 0.2) is 0 Å². The minimum atomic E-state index is -0.966. The maximum atomic E-state index is 6.39. The summed E-state index contributed by atoms with van der Waals surface area (Å²) in [4.78, 5) is 0. The van der Waals surface area contributed by atoms with Crippen LogP contribution in [0.3, 0.4) is 0 Å². The summed E-state index contributed by atoms with van der Waals surface area (Å²) in [7, 11) is 0. The van der Waals surface area contributed by atoms with Crippen LogP contribution in [-0.2, 0) is 21.6 Å². The van der Waals surface area contributed by atoms with E-state index in [1.165, 1.54) is 11.1 Å². The van der Waals surface area contributed by atoms with Gasteiger partial charge in [0.1, 0.15) is 24.1 Å². The molecule has 5 rings (SSSR count). The van der Waals surface area contributed by atoms with Crippen molar-refractivity contribution in [3.63, 3.8) is 0 Å². The van der Waals surface area contributed by atoms with Crippen LogP contribution in [0, 0.1) is 6.92 Å². The zero-order chi connectivity index (χ0) is 21.7. The fraction of sp³-hybridized carbons (Fsp3) is 0.308. The lowest BCUT2D eigenvalue weighted by Crippen LogP contribution is -2.47. The molecule has 2 fully saturated rings. The van der Waals surface area contributed by atoms with E-state index < -0.39 is 5.66 Å². The lowest BCUT2D eigenvalue weighted by Gasteiger charge is -2.28. The van der Waals surface area contributed by atoms with Crippen LogP contribution >= 0.6 is 0 Å². The van der Waals surface area contributed by atoms with Crippen molar-refractivity contribution < 1.29 is 14.2 Å². The second-order valence-electron chi connectivity index (χ2n) is 8.08. The summed E-state index contributed by atoms with van der Waals surface area (Å²) in [6, 6.07) is 25.9. The summed E-state index contributed by atoms with van der Waals surface area (Å²) < 4.78 is 15.9. The molecule has 31 heavy (non-hydrogen) atoms. The Balaban J connectivity index is 0.000000166. The summed E-state index contributed by atoms with van der Waals surface area (Å²) >= 11 is 0. The van der Waals surface area contributed by atoms with Gasteiger partial charge in [-0.05, 0) is 35.2 Å². The van der Waals surface area contributed by atoms with Crippen LogP contribution in [0.15, 0.2) is 78.9 Å². The standard InChI is InChI=1S/C16H18N2O.C10H12O2/c17-16(18,13-7-2-1-3-8-13)15-9-5-4-6-12(15)10-14-11-19-14;1-8-4-2-3-5-10(8)12-7-9-6-11-9/h1-9,14H,10-11,17-18H2;2-5,9H,6-7H2,1H3. The van der Waals surface area contributed by atoms with Crippen molar-refractivity contribution in [2.24, 2.45) is 11.5 Å². The number of aryl methyl sites for hydroxylation is 1. The molecular weight excluding hydrogens is 388 g/mol. The highest BCUT2D eigenvalue weighted by molar-refractivity contribution is 5.41. The highest BCUT2D eigenvalue weighted by atomic mass is 16.6. The van der Waals surface area contributed by atoms with E-state index in [4.69, 9.17) is 25.7 Å². The molecule has 0 aromatic heterocycles. The Bertz CT molecular complexity index is 983. The molecule has 2 unspecified atom stereocenters. The van der Waals surface area contributed by atoms with Crippen LogP contribution in [0.25, 0.3) is 0 Å².